The zero-order chi connectivity index (χ0) is 16.5. The van der Waals surface area contributed by atoms with E-state index in [1.165, 1.54) is 58.3 Å². The second-order valence-electron chi connectivity index (χ2n) is 7.47. The maximum Gasteiger partial charge on any atom is 0.191 e. The molecule has 5 nitrogen and oxygen atoms in total. The Morgan fingerprint density at radius 1 is 1.09 bits per heavy atom. The van der Waals surface area contributed by atoms with Crippen LogP contribution in [0.25, 0.3) is 0 Å². The minimum Gasteiger partial charge on any atom is -0.355 e. The lowest BCUT2D eigenvalue weighted by Crippen LogP contribution is -2.47. The van der Waals surface area contributed by atoms with Crippen molar-refractivity contribution in [2.45, 2.75) is 52.0 Å². The van der Waals surface area contributed by atoms with Gasteiger partial charge < -0.3 is 15.5 Å². The molecule has 0 aromatic rings. The Balaban J connectivity index is 1.64. The zero-order valence-corrected chi connectivity index (χ0v) is 15.5. The molecule has 134 valence electrons. The van der Waals surface area contributed by atoms with Crippen LogP contribution < -0.4 is 10.6 Å². The van der Waals surface area contributed by atoms with Gasteiger partial charge in [0.25, 0.3) is 0 Å². The summed E-state index contributed by atoms with van der Waals surface area (Å²) in [5.74, 6) is 1.70. The fourth-order valence-electron chi connectivity index (χ4n) is 3.79. The Labute approximate surface area is 142 Å². The van der Waals surface area contributed by atoms with E-state index < -0.39 is 0 Å². The van der Waals surface area contributed by atoms with Crippen molar-refractivity contribution in [3.05, 3.63) is 0 Å². The third-order valence-corrected chi connectivity index (χ3v) is 5.00. The molecule has 0 aromatic carbocycles. The van der Waals surface area contributed by atoms with E-state index in [4.69, 9.17) is 0 Å². The van der Waals surface area contributed by atoms with E-state index in [1.807, 2.05) is 7.05 Å². The molecule has 0 saturated carbocycles. The van der Waals surface area contributed by atoms with Gasteiger partial charge in [0, 0.05) is 39.3 Å². The van der Waals surface area contributed by atoms with E-state index in [-0.39, 0.29) is 0 Å². The summed E-state index contributed by atoms with van der Waals surface area (Å²) in [7, 11) is 1.87. The predicted molar refractivity (Wildman–Crippen MR) is 99.1 cm³/mol. The van der Waals surface area contributed by atoms with Crippen LogP contribution in [0.4, 0.5) is 0 Å². The average molecular weight is 324 g/mol. The van der Waals surface area contributed by atoms with Gasteiger partial charge in [0.05, 0.1) is 0 Å². The van der Waals surface area contributed by atoms with E-state index >= 15 is 0 Å². The second kappa shape index (κ2) is 10.1. The van der Waals surface area contributed by atoms with Crippen molar-refractivity contribution in [3.63, 3.8) is 0 Å². The van der Waals surface area contributed by atoms with Crippen LogP contribution in [0, 0.1) is 5.92 Å². The number of guanidine groups is 1. The van der Waals surface area contributed by atoms with Crippen molar-refractivity contribution in [1.82, 2.24) is 20.4 Å². The molecule has 2 rings (SSSR count). The third-order valence-electron chi connectivity index (χ3n) is 5.00. The highest BCUT2D eigenvalue weighted by Gasteiger charge is 2.24. The minimum atomic E-state index is 0.665. The number of nitrogens with one attached hydrogen (secondary N) is 2. The first-order valence-electron chi connectivity index (χ1n) is 9.60. The molecular formula is C18H37N5. The Morgan fingerprint density at radius 3 is 2.57 bits per heavy atom. The van der Waals surface area contributed by atoms with Gasteiger partial charge in [-0.1, -0.05) is 20.3 Å². The predicted octanol–water partition coefficient (Wildman–Crippen LogP) is 1.76. The fourth-order valence-corrected chi connectivity index (χ4v) is 3.79. The largest absolute Gasteiger partial charge is 0.355 e. The van der Waals surface area contributed by atoms with E-state index in [0.29, 0.717) is 6.04 Å². The highest BCUT2D eigenvalue weighted by atomic mass is 15.2. The molecule has 0 bridgehead atoms. The smallest absolute Gasteiger partial charge is 0.191 e. The summed E-state index contributed by atoms with van der Waals surface area (Å²) in [5.41, 5.74) is 0. The molecule has 2 fully saturated rings. The molecule has 23 heavy (non-hydrogen) atoms. The van der Waals surface area contributed by atoms with Crippen molar-refractivity contribution < 1.29 is 0 Å². The lowest BCUT2D eigenvalue weighted by molar-refractivity contribution is 0.225. The molecule has 2 N–H and O–H groups in total. The standard InChI is InChI=1S/C18H37N5/c1-16(2)15-23-12-7-8-17(23)14-21-18(19-3)20-9-13-22-10-5-4-6-11-22/h16-17H,4-15H2,1-3H3,(H2,19,20,21)/t17-/m1/s1. The summed E-state index contributed by atoms with van der Waals surface area (Å²) in [6.07, 6.45) is 6.77. The van der Waals surface area contributed by atoms with Gasteiger partial charge in [0.1, 0.15) is 0 Å². The van der Waals surface area contributed by atoms with Crippen LogP contribution in [0.3, 0.4) is 0 Å². The SMILES string of the molecule is CN=C(NCCN1CCCCC1)NC[C@H]1CCCN1CC(C)C. The molecule has 5 heteroatoms. The number of aliphatic imine (C=N–C) groups is 1. The second-order valence-corrected chi connectivity index (χ2v) is 7.47. The van der Waals surface area contributed by atoms with Gasteiger partial charge in [-0.15, -0.1) is 0 Å². The number of nitrogens with zero attached hydrogens (tertiary/aromatic N) is 3. The molecule has 2 aliphatic rings. The molecule has 0 unspecified atom stereocenters. The summed E-state index contributed by atoms with van der Waals surface area (Å²) in [5, 5.41) is 7.01. The van der Waals surface area contributed by atoms with Crippen LogP contribution in [0.2, 0.25) is 0 Å². The first kappa shape index (κ1) is 18.5. The first-order valence-corrected chi connectivity index (χ1v) is 9.60. The third kappa shape index (κ3) is 6.68. The molecular weight excluding hydrogens is 286 g/mol. The molecule has 0 aliphatic carbocycles. The van der Waals surface area contributed by atoms with Crippen molar-refractivity contribution >= 4 is 5.96 Å². The van der Waals surface area contributed by atoms with Gasteiger partial charge in [0.15, 0.2) is 5.96 Å². The minimum absolute atomic E-state index is 0.665. The van der Waals surface area contributed by atoms with Crippen molar-refractivity contribution in [1.29, 1.82) is 0 Å². The number of rotatable bonds is 7. The van der Waals surface area contributed by atoms with Gasteiger partial charge in [-0.3, -0.25) is 9.89 Å². The Bertz CT molecular complexity index is 349. The lowest BCUT2D eigenvalue weighted by Gasteiger charge is -2.28. The molecule has 1 atom stereocenters. The fraction of sp³-hybridized carbons (Fsp3) is 0.944. The summed E-state index contributed by atoms with van der Waals surface area (Å²) in [6.45, 7) is 12.7. The number of piperidine rings is 1. The highest BCUT2D eigenvalue weighted by Crippen LogP contribution is 2.17. The maximum atomic E-state index is 4.38. The number of hydrogen-bond acceptors (Lipinski definition) is 3. The van der Waals surface area contributed by atoms with Crippen molar-refractivity contribution in [2.75, 3.05) is 52.9 Å². The van der Waals surface area contributed by atoms with E-state index in [9.17, 15) is 0 Å². The molecule has 0 amide bonds. The molecule has 0 radical (unpaired) electrons. The zero-order valence-electron chi connectivity index (χ0n) is 15.5. The van der Waals surface area contributed by atoms with Crippen LogP contribution in [-0.2, 0) is 0 Å². The van der Waals surface area contributed by atoms with Crippen LogP contribution in [0.5, 0.6) is 0 Å². The van der Waals surface area contributed by atoms with Gasteiger partial charge in [-0.2, -0.15) is 0 Å². The highest BCUT2D eigenvalue weighted by molar-refractivity contribution is 5.79. The average Bonchev–Trinajstić information content (AvgIpc) is 2.98. The summed E-state index contributed by atoms with van der Waals surface area (Å²) in [4.78, 5) is 9.57. The Morgan fingerprint density at radius 2 is 1.87 bits per heavy atom. The molecule has 2 heterocycles. The van der Waals surface area contributed by atoms with E-state index in [1.54, 1.807) is 0 Å². The van der Waals surface area contributed by atoms with Crippen LogP contribution in [0.1, 0.15) is 46.0 Å². The Kier molecular flexibility index (Phi) is 8.17. The quantitative estimate of drug-likeness (QED) is 0.553. The lowest BCUT2D eigenvalue weighted by atomic mass is 10.1. The van der Waals surface area contributed by atoms with Crippen molar-refractivity contribution in [2.24, 2.45) is 10.9 Å². The molecule has 0 aromatic heterocycles. The molecule has 0 spiro atoms. The Hall–Kier alpha value is -0.810. The van der Waals surface area contributed by atoms with Crippen LogP contribution in [-0.4, -0.2) is 74.7 Å². The summed E-state index contributed by atoms with van der Waals surface area (Å²) >= 11 is 0. The number of likely N-dealkylation sites (tertiary alicyclic amines) is 2. The van der Waals surface area contributed by atoms with Gasteiger partial charge in [0.2, 0.25) is 0 Å². The first-order chi connectivity index (χ1) is 11.2. The molecule has 2 saturated heterocycles. The van der Waals surface area contributed by atoms with Gasteiger partial charge in [-0.25, -0.2) is 0 Å². The van der Waals surface area contributed by atoms with E-state index in [0.717, 1.165) is 31.5 Å². The summed E-state index contributed by atoms with van der Waals surface area (Å²) < 4.78 is 0. The van der Waals surface area contributed by atoms with Gasteiger partial charge in [-0.05, 0) is 51.2 Å². The van der Waals surface area contributed by atoms with Crippen LogP contribution in [0.15, 0.2) is 4.99 Å². The molecule has 2 aliphatic heterocycles. The normalized spacial score (nSPS) is 24.3. The maximum absolute atomic E-state index is 4.38. The van der Waals surface area contributed by atoms with Crippen LogP contribution >= 0.6 is 0 Å². The monoisotopic (exact) mass is 323 g/mol. The van der Waals surface area contributed by atoms with Crippen molar-refractivity contribution in [3.8, 4) is 0 Å². The number of hydrogen-bond donors (Lipinski definition) is 2. The summed E-state index contributed by atoms with van der Waals surface area (Å²) in [6, 6.07) is 0.665. The topological polar surface area (TPSA) is 42.9 Å². The van der Waals surface area contributed by atoms with Gasteiger partial charge >= 0.3 is 0 Å². The van der Waals surface area contributed by atoms with E-state index in [2.05, 4.69) is 39.3 Å².